The lowest BCUT2D eigenvalue weighted by molar-refractivity contribution is -0.124. The summed E-state index contributed by atoms with van der Waals surface area (Å²) in [5.41, 5.74) is 2.63. The largest absolute Gasteiger partial charge is 0.497 e. The first-order valence-electron chi connectivity index (χ1n) is 10.7. The molecule has 2 aromatic heterocycles. The van der Waals surface area contributed by atoms with Crippen LogP contribution in [0.3, 0.4) is 0 Å². The van der Waals surface area contributed by atoms with E-state index in [0.717, 1.165) is 24.2 Å². The van der Waals surface area contributed by atoms with Crippen molar-refractivity contribution >= 4 is 35.2 Å². The molecule has 1 aliphatic carbocycles. The van der Waals surface area contributed by atoms with Crippen LogP contribution in [-0.4, -0.2) is 46.7 Å². The van der Waals surface area contributed by atoms with Crippen LogP contribution in [-0.2, 0) is 16.1 Å². The number of imide groups is 1. The first-order valence-corrected chi connectivity index (χ1v) is 10.7. The number of amides is 2. The highest BCUT2D eigenvalue weighted by atomic mass is 16.5. The van der Waals surface area contributed by atoms with Gasteiger partial charge in [0.2, 0.25) is 5.91 Å². The highest BCUT2D eigenvalue weighted by Crippen LogP contribution is 2.28. The van der Waals surface area contributed by atoms with Gasteiger partial charge in [-0.3, -0.25) is 14.9 Å². The molecule has 3 aromatic rings. The minimum absolute atomic E-state index is 0.0545. The Bertz CT molecular complexity index is 1260. The molecule has 0 unspecified atom stereocenters. The third-order valence-corrected chi connectivity index (χ3v) is 5.54. The molecular formula is C23H24N6O4. The Kier molecular flexibility index (Phi) is 5.33. The number of carbonyl (C=O) groups excluding carboxylic acids is 2. The van der Waals surface area contributed by atoms with Crippen LogP contribution in [0.5, 0.6) is 11.5 Å². The Morgan fingerprint density at radius 3 is 2.55 bits per heavy atom. The van der Waals surface area contributed by atoms with Crippen molar-refractivity contribution in [2.24, 2.45) is 0 Å². The van der Waals surface area contributed by atoms with Crippen molar-refractivity contribution in [1.82, 2.24) is 19.9 Å². The number of hydrogen-bond donors (Lipinski definition) is 3. The van der Waals surface area contributed by atoms with Crippen molar-refractivity contribution in [3.8, 4) is 11.5 Å². The van der Waals surface area contributed by atoms with Crippen molar-refractivity contribution in [2.45, 2.75) is 31.8 Å². The quantitative estimate of drug-likeness (QED) is 0.355. The minimum atomic E-state index is -0.378. The summed E-state index contributed by atoms with van der Waals surface area (Å²) in [6.07, 6.45) is 5.60. The lowest BCUT2D eigenvalue weighted by Gasteiger charge is -2.13. The van der Waals surface area contributed by atoms with Crippen LogP contribution in [0.1, 0.15) is 30.4 Å². The molecule has 1 aliphatic heterocycles. The SMILES string of the molecule is COc1cc(CNc2cc(NC3CC3)n3ncc(C=C4CC(=O)NC4=O)c3n2)cc(OC)c1. The Labute approximate surface area is 190 Å². The maximum absolute atomic E-state index is 12.0. The number of ether oxygens (including phenoxy) is 2. The van der Waals surface area contributed by atoms with Gasteiger partial charge in [0.15, 0.2) is 5.65 Å². The van der Waals surface area contributed by atoms with E-state index in [1.807, 2.05) is 24.3 Å². The number of fused-ring (bicyclic) bond motifs is 1. The second-order valence-corrected chi connectivity index (χ2v) is 8.08. The van der Waals surface area contributed by atoms with Crippen LogP contribution >= 0.6 is 0 Å². The first kappa shape index (κ1) is 20.8. The van der Waals surface area contributed by atoms with Crippen LogP contribution in [0, 0.1) is 0 Å². The molecule has 0 bridgehead atoms. The van der Waals surface area contributed by atoms with Crippen molar-refractivity contribution in [3.05, 3.63) is 47.2 Å². The van der Waals surface area contributed by atoms with Gasteiger partial charge in [0.25, 0.3) is 5.91 Å². The van der Waals surface area contributed by atoms with Crippen LogP contribution in [0.2, 0.25) is 0 Å². The summed E-state index contributed by atoms with van der Waals surface area (Å²) in [5.74, 6) is 2.20. The first-order chi connectivity index (χ1) is 16.0. The lowest BCUT2D eigenvalue weighted by Crippen LogP contribution is -2.19. The molecule has 170 valence electrons. The monoisotopic (exact) mass is 448 g/mol. The van der Waals surface area contributed by atoms with Gasteiger partial charge >= 0.3 is 0 Å². The van der Waals surface area contributed by atoms with Crippen molar-refractivity contribution in [2.75, 3.05) is 24.9 Å². The average Bonchev–Trinajstić information content (AvgIpc) is 3.45. The van der Waals surface area contributed by atoms with Crippen LogP contribution in [0.15, 0.2) is 36.0 Å². The van der Waals surface area contributed by atoms with E-state index in [2.05, 4.69) is 21.0 Å². The maximum atomic E-state index is 12.0. The second-order valence-electron chi connectivity index (χ2n) is 8.08. The number of anilines is 2. The van der Waals surface area contributed by atoms with Gasteiger partial charge in [-0.15, -0.1) is 0 Å². The summed E-state index contributed by atoms with van der Waals surface area (Å²) in [6.45, 7) is 0.501. The molecule has 10 nitrogen and oxygen atoms in total. The van der Waals surface area contributed by atoms with Gasteiger partial charge in [0, 0.05) is 35.9 Å². The van der Waals surface area contributed by atoms with E-state index < -0.39 is 0 Å². The number of benzene rings is 1. The van der Waals surface area contributed by atoms with E-state index in [-0.39, 0.29) is 18.2 Å². The highest BCUT2D eigenvalue weighted by Gasteiger charge is 2.25. The zero-order valence-corrected chi connectivity index (χ0v) is 18.3. The third kappa shape index (κ3) is 4.45. The van der Waals surface area contributed by atoms with Crippen molar-refractivity contribution in [1.29, 1.82) is 0 Å². The number of carbonyl (C=O) groups is 2. The van der Waals surface area contributed by atoms with E-state index in [1.165, 1.54) is 0 Å². The maximum Gasteiger partial charge on any atom is 0.254 e. The van der Waals surface area contributed by atoms with Crippen LogP contribution in [0.4, 0.5) is 11.6 Å². The van der Waals surface area contributed by atoms with Gasteiger partial charge in [-0.1, -0.05) is 0 Å². The highest BCUT2D eigenvalue weighted by molar-refractivity contribution is 6.15. The molecule has 3 N–H and O–H groups in total. The fourth-order valence-electron chi connectivity index (χ4n) is 3.68. The van der Waals surface area contributed by atoms with Gasteiger partial charge in [-0.2, -0.15) is 9.61 Å². The third-order valence-electron chi connectivity index (χ3n) is 5.54. The standard InChI is InChI=1S/C23H24N6O4/c1-32-17-5-13(6-18(9-17)33-2)11-24-19-10-20(26-16-3-4-16)29-22(27-19)15(12-25-29)7-14-8-21(30)28-23(14)31/h5-7,9-10,12,16,26H,3-4,8,11H2,1-2H3,(H,24,27)(H,28,30,31). The van der Waals surface area contributed by atoms with Gasteiger partial charge in [0.05, 0.1) is 26.8 Å². The number of nitrogens with one attached hydrogen (secondary N) is 3. The van der Waals surface area contributed by atoms with E-state index in [9.17, 15) is 9.59 Å². The summed E-state index contributed by atoms with van der Waals surface area (Å²) in [7, 11) is 3.23. The van der Waals surface area contributed by atoms with Gasteiger partial charge < -0.3 is 20.1 Å². The average molecular weight is 448 g/mol. The molecule has 2 aliphatic rings. The fourth-order valence-corrected chi connectivity index (χ4v) is 3.68. The minimum Gasteiger partial charge on any atom is -0.497 e. The van der Waals surface area contributed by atoms with E-state index >= 15 is 0 Å². The van der Waals surface area contributed by atoms with E-state index in [1.54, 1.807) is 31.0 Å². The number of rotatable bonds is 8. The lowest BCUT2D eigenvalue weighted by atomic mass is 10.1. The summed E-state index contributed by atoms with van der Waals surface area (Å²) >= 11 is 0. The van der Waals surface area contributed by atoms with E-state index in [0.29, 0.717) is 46.7 Å². The molecule has 1 aromatic carbocycles. The number of methoxy groups -OCH3 is 2. The second kappa shape index (κ2) is 8.45. The fraction of sp³-hybridized carbons (Fsp3) is 0.304. The number of aromatic nitrogens is 3. The van der Waals surface area contributed by atoms with Gasteiger partial charge in [-0.05, 0) is 36.6 Å². The zero-order chi connectivity index (χ0) is 22.9. The van der Waals surface area contributed by atoms with Crippen LogP contribution < -0.4 is 25.4 Å². The van der Waals surface area contributed by atoms with E-state index in [4.69, 9.17) is 14.5 Å². The Balaban J connectivity index is 1.47. The Morgan fingerprint density at radius 1 is 1.15 bits per heavy atom. The predicted molar refractivity (Wildman–Crippen MR) is 122 cm³/mol. The van der Waals surface area contributed by atoms with Gasteiger partial charge in [0.1, 0.15) is 23.1 Å². The molecule has 2 fully saturated rings. The molecule has 33 heavy (non-hydrogen) atoms. The Morgan fingerprint density at radius 2 is 1.91 bits per heavy atom. The molecule has 1 saturated carbocycles. The van der Waals surface area contributed by atoms with Crippen LogP contribution in [0.25, 0.3) is 11.7 Å². The summed E-state index contributed by atoms with van der Waals surface area (Å²) in [5, 5.41) is 13.6. The molecule has 3 heterocycles. The molecule has 0 radical (unpaired) electrons. The summed E-state index contributed by atoms with van der Waals surface area (Å²) < 4.78 is 12.4. The molecule has 5 rings (SSSR count). The number of hydrogen-bond acceptors (Lipinski definition) is 8. The molecule has 2 amide bonds. The van der Waals surface area contributed by atoms with Gasteiger partial charge in [-0.25, -0.2) is 4.98 Å². The number of nitrogens with zero attached hydrogens (tertiary/aromatic N) is 3. The Hall–Kier alpha value is -4.08. The topological polar surface area (TPSA) is 119 Å². The molecule has 0 spiro atoms. The smallest absolute Gasteiger partial charge is 0.254 e. The molecule has 10 heteroatoms. The molecule has 1 saturated heterocycles. The van der Waals surface area contributed by atoms with Crippen molar-refractivity contribution < 1.29 is 19.1 Å². The molecular weight excluding hydrogens is 424 g/mol. The summed E-state index contributed by atoms with van der Waals surface area (Å²) in [6, 6.07) is 8.01. The van der Waals surface area contributed by atoms with Crippen molar-refractivity contribution in [3.63, 3.8) is 0 Å². The normalized spacial score (nSPS) is 16.8. The zero-order valence-electron chi connectivity index (χ0n) is 18.3. The molecule has 0 atom stereocenters. The predicted octanol–water partition coefficient (Wildman–Crippen LogP) is 2.36. The summed E-state index contributed by atoms with van der Waals surface area (Å²) in [4.78, 5) is 28.3.